The van der Waals surface area contributed by atoms with Crippen molar-refractivity contribution in [1.29, 1.82) is 0 Å². The van der Waals surface area contributed by atoms with Crippen LogP contribution < -0.4 is 19.3 Å². The van der Waals surface area contributed by atoms with Crippen LogP contribution in [0.1, 0.15) is 45.4 Å². The van der Waals surface area contributed by atoms with Gasteiger partial charge in [0, 0.05) is 42.7 Å². The molecule has 38 heavy (non-hydrogen) atoms. The number of pyridine rings is 1. The Hall–Kier alpha value is -3.20. The van der Waals surface area contributed by atoms with E-state index in [9.17, 15) is 9.18 Å². The number of ether oxygens (including phenoxy) is 2. The molecule has 5 rings (SSSR count). The van der Waals surface area contributed by atoms with Crippen LogP contribution in [-0.2, 0) is 4.79 Å². The lowest BCUT2D eigenvalue weighted by Gasteiger charge is -2.26. The van der Waals surface area contributed by atoms with E-state index in [1.807, 2.05) is 37.8 Å². The lowest BCUT2D eigenvalue weighted by atomic mass is 9.90. The molecule has 7 nitrogen and oxygen atoms in total. The fourth-order valence-electron chi connectivity index (χ4n) is 5.52. The van der Waals surface area contributed by atoms with E-state index in [0.29, 0.717) is 29.1 Å². The summed E-state index contributed by atoms with van der Waals surface area (Å²) >= 11 is 1.43. The predicted molar refractivity (Wildman–Crippen MR) is 150 cm³/mol. The van der Waals surface area contributed by atoms with Crippen molar-refractivity contribution in [3.63, 3.8) is 0 Å². The Morgan fingerprint density at radius 1 is 1.29 bits per heavy atom. The van der Waals surface area contributed by atoms with Gasteiger partial charge in [0.15, 0.2) is 16.7 Å². The quantitative estimate of drug-likeness (QED) is 0.307. The number of hydrogen-bond acceptors (Lipinski definition) is 7. The number of fused-ring (bicyclic) bond motifs is 1. The highest BCUT2D eigenvalue weighted by Crippen LogP contribution is 2.40. The third-order valence-electron chi connectivity index (χ3n) is 7.72. The van der Waals surface area contributed by atoms with Crippen LogP contribution in [0.3, 0.4) is 0 Å². The topological polar surface area (TPSA) is 67.8 Å². The monoisotopic (exact) mass is 538 g/mol. The van der Waals surface area contributed by atoms with Crippen LogP contribution in [0.2, 0.25) is 0 Å². The molecule has 1 atom stereocenters. The molecule has 1 aromatic carbocycles. The maximum absolute atomic E-state index is 13.4. The van der Waals surface area contributed by atoms with Crippen LogP contribution in [-0.4, -0.2) is 50.0 Å². The number of carbonyl (C=O) groups is 1. The number of alkyl halides is 1. The van der Waals surface area contributed by atoms with Gasteiger partial charge >= 0.3 is 0 Å². The van der Waals surface area contributed by atoms with Gasteiger partial charge in [0.1, 0.15) is 12.4 Å². The third-order valence-corrected chi connectivity index (χ3v) is 8.64. The molecular formula is C29H35FN4O3S. The Labute approximate surface area is 227 Å². The molecule has 3 aromatic rings. The van der Waals surface area contributed by atoms with E-state index in [1.54, 1.807) is 17.0 Å². The number of anilines is 2. The standard InChI is InChI=1S/C29H35FN4O3S/c1-4-20(13-19-7-5-6-8-19)28(35)34(3)29-32-25(17-38-29)24-15-22(37-18-30)9-10-23(24)21-14-26-27(31-16-21)33(2)11-12-36-26/h9-10,14-17,19-20H,4-8,11-13,18H2,1-3H3/t20-/m1/s1. The van der Waals surface area contributed by atoms with Crippen LogP contribution in [0, 0.1) is 11.8 Å². The molecule has 3 heterocycles. The van der Waals surface area contributed by atoms with Crippen molar-refractivity contribution in [2.75, 3.05) is 43.9 Å². The van der Waals surface area contributed by atoms with Crippen molar-refractivity contribution in [3.05, 3.63) is 35.8 Å². The molecule has 2 aliphatic rings. The zero-order valence-electron chi connectivity index (χ0n) is 22.3. The van der Waals surface area contributed by atoms with Crippen LogP contribution in [0.4, 0.5) is 15.3 Å². The third kappa shape index (κ3) is 5.48. The van der Waals surface area contributed by atoms with Gasteiger partial charge in [-0.1, -0.05) is 32.6 Å². The Kier molecular flexibility index (Phi) is 8.12. The molecule has 0 saturated heterocycles. The van der Waals surface area contributed by atoms with E-state index in [0.717, 1.165) is 47.6 Å². The number of nitrogens with zero attached hydrogens (tertiary/aromatic N) is 4. The van der Waals surface area contributed by atoms with Crippen LogP contribution in [0.25, 0.3) is 22.4 Å². The van der Waals surface area contributed by atoms with Crippen molar-refractivity contribution in [2.45, 2.75) is 45.4 Å². The first-order valence-electron chi connectivity index (χ1n) is 13.4. The number of carbonyl (C=O) groups excluding carboxylic acids is 1. The van der Waals surface area contributed by atoms with E-state index in [4.69, 9.17) is 14.5 Å². The summed E-state index contributed by atoms with van der Waals surface area (Å²) in [6, 6.07) is 7.39. The number of hydrogen-bond donors (Lipinski definition) is 0. The van der Waals surface area contributed by atoms with E-state index >= 15 is 0 Å². The largest absolute Gasteiger partial charge is 0.488 e. The number of halogens is 1. The second-order valence-electron chi connectivity index (χ2n) is 10.2. The SMILES string of the molecule is CC[C@H](CC1CCCC1)C(=O)N(C)c1nc(-c2cc(OCF)ccc2-c2cnc3c(c2)OCCN3C)cs1. The molecule has 1 fully saturated rings. The average Bonchev–Trinajstić information content (AvgIpc) is 3.64. The minimum absolute atomic E-state index is 0.00648. The predicted octanol–water partition coefficient (Wildman–Crippen LogP) is 6.58. The summed E-state index contributed by atoms with van der Waals surface area (Å²) in [5, 5.41) is 2.58. The van der Waals surface area contributed by atoms with Gasteiger partial charge in [-0.25, -0.2) is 14.4 Å². The van der Waals surface area contributed by atoms with Crippen molar-refractivity contribution < 1.29 is 18.7 Å². The fraction of sp³-hybridized carbons (Fsp3) is 0.483. The molecular weight excluding hydrogens is 503 g/mol. The second kappa shape index (κ2) is 11.7. The Morgan fingerprint density at radius 3 is 2.87 bits per heavy atom. The minimum atomic E-state index is -0.918. The number of amides is 1. The highest BCUT2D eigenvalue weighted by Gasteiger charge is 2.28. The Morgan fingerprint density at radius 2 is 2.11 bits per heavy atom. The highest BCUT2D eigenvalue weighted by atomic mass is 32.1. The van der Waals surface area contributed by atoms with E-state index in [2.05, 4.69) is 16.8 Å². The molecule has 2 aromatic heterocycles. The fourth-order valence-corrected chi connectivity index (χ4v) is 6.31. The van der Waals surface area contributed by atoms with Crippen molar-refractivity contribution in [1.82, 2.24) is 9.97 Å². The van der Waals surface area contributed by atoms with Crippen molar-refractivity contribution >= 4 is 28.2 Å². The summed E-state index contributed by atoms with van der Waals surface area (Å²) in [5.74, 6) is 2.72. The zero-order valence-corrected chi connectivity index (χ0v) is 23.1. The molecule has 0 N–H and O–H groups in total. The second-order valence-corrected chi connectivity index (χ2v) is 11.0. The summed E-state index contributed by atoms with van der Waals surface area (Å²) in [6.07, 6.45) is 8.60. The molecule has 1 aliphatic heterocycles. The summed E-state index contributed by atoms with van der Waals surface area (Å²) in [6.45, 7) is 2.56. The summed E-state index contributed by atoms with van der Waals surface area (Å²) in [5.41, 5.74) is 3.22. The van der Waals surface area contributed by atoms with Crippen LogP contribution in [0.15, 0.2) is 35.8 Å². The first-order valence-corrected chi connectivity index (χ1v) is 14.3. The molecule has 202 valence electrons. The van der Waals surface area contributed by atoms with Gasteiger partial charge in [-0.15, -0.1) is 11.3 Å². The van der Waals surface area contributed by atoms with Crippen molar-refractivity contribution in [2.24, 2.45) is 11.8 Å². The number of aromatic nitrogens is 2. The van der Waals surface area contributed by atoms with Gasteiger partial charge < -0.3 is 14.4 Å². The molecule has 0 spiro atoms. The van der Waals surface area contributed by atoms with Gasteiger partial charge in [-0.05, 0) is 48.6 Å². The number of rotatable bonds is 9. The summed E-state index contributed by atoms with van der Waals surface area (Å²) in [7, 11) is 3.81. The smallest absolute Gasteiger partial charge is 0.231 e. The average molecular weight is 539 g/mol. The van der Waals surface area contributed by atoms with Gasteiger partial charge in [0.2, 0.25) is 12.8 Å². The molecule has 0 unspecified atom stereocenters. The highest BCUT2D eigenvalue weighted by molar-refractivity contribution is 7.14. The van der Waals surface area contributed by atoms with Crippen molar-refractivity contribution in [3.8, 4) is 33.9 Å². The number of benzene rings is 1. The minimum Gasteiger partial charge on any atom is -0.488 e. The molecule has 1 saturated carbocycles. The number of likely N-dealkylation sites (N-methyl/N-ethyl adjacent to an activating group) is 1. The molecule has 1 amide bonds. The van der Waals surface area contributed by atoms with E-state index < -0.39 is 6.86 Å². The van der Waals surface area contributed by atoms with E-state index in [-0.39, 0.29) is 11.8 Å². The molecule has 9 heteroatoms. The van der Waals surface area contributed by atoms with Gasteiger partial charge in [0.05, 0.1) is 12.2 Å². The van der Waals surface area contributed by atoms with Crippen LogP contribution in [0.5, 0.6) is 11.5 Å². The van der Waals surface area contributed by atoms with Crippen LogP contribution >= 0.6 is 11.3 Å². The van der Waals surface area contributed by atoms with Gasteiger partial charge in [-0.2, -0.15) is 0 Å². The zero-order chi connectivity index (χ0) is 26.6. The molecule has 0 radical (unpaired) electrons. The molecule has 1 aliphatic carbocycles. The summed E-state index contributed by atoms with van der Waals surface area (Å²) < 4.78 is 24.0. The maximum Gasteiger partial charge on any atom is 0.231 e. The normalized spacial score (nSPS) is 16.2. The lowest BCUT2D eigenvalue weighted by Crippen LogP contribution is -2.33. The Bertz CT molecular complexity index is 1280. The van der Waals surface area contributed by atoms with E-state index in [1.165, 1.54) is 37.0 Å². The first-order chi connectivity index (χ1) is 18.5. The molecule has 0 bridgehead atoms. The maximum atomic E-state index is 13.4. The Balaban J connectivity index is 1.44. The first kappa shape index (κ1) is 26.4. The number of thiazole rings is 1. The van der Waals surface area contributed by atoms with Gasteiger partial charge in [0.25, 0.3) is 0 Å². The lowest BCUT2D eigenvalue weighted by molar-refractivity contribution is -0.122. The summed E-state index contributed by atoms with van der Waals surface area (Å²) in [4.78, 5) is 26.7. The van der Waals surface area contributed by atoms with Gasteiger partial charge in [-0.3, -0.25) is 9.69 Å².